The van der Waals surface area contributed by atoms with Crippen molar-refractivity contribution >= 4 is 12.2 Å². The van der Waals surface area contributed by atoms with Crippen molar-refractivity contribution in [2.75, 3.05) is 14.2 Å². The van der Waals surface area contributed by atoms with E-state index in [-0.39, 0.29) is 0 Å². The normalized spacial score (nSPS) is 10.6. The Morgan fingerprint density at radius 1 is 1.33 bits per heavy atom. The van der Waals surface area contributed by atoms with E-state index in [1.54, 1.807) is 14.2 Å². The first-order valence-electron chi connectivity index (χ1n) is 6.14. The number of rotatable bonds is 5. The van der Waals surface area contributed by atoms with Gasteiger partial charge in [-0.25, -0.2) is 10.2 Å². The van der Waals surface area contributed by atoms with Gasteiger partial charge in [0, 0.05) is 12.3 Å². The molecular weight excluding hydrogens is 272 g/mol. The van der Waals surface area contributed by atoms with Crippen molar-refractivity contribution in [3.8, 4) is 17.2 Å². The average Bonchev–Trinajstić information content (AvgIpc) is 2.94. The molecule has 0 radical (unpaired) electrons. The number of hydrogen-bond donors (Lipinski definition) is 2. The summed E-state index contributed by atoms with van der Waals surface area (Å²) in [5.41, 5.74) is 8.65. The van der Waals surface area contributed by atoms with Gasteiger partial charge < -0.3 is 19.8 Å². The number of hydrazone groups is 1. The second-order valence-corrected chi connectivity index (χ2v) is 4.08. The van der Waals surface area contributed by atoms with E-state index in [4.69, 9.17) is 15.2 Å². The van der Waals surface area contributed by atoms with E-state index in [1.165, 1.54) is 6.21 Å². The predicted molar refractivity (Wildman–Crippen MR) is 79.2 cm³/mol. The van der Waals surface area contributed by atoms with Crippen molar-refractivity contribution in [3.63, 3.8) is 0 Å². The van der Waals surface area contributed by atoms with Crippen LogP contribution < -0.4 is 20.6 Å². The summed E-state index contributed by atoms with van der Waals surface area (Å²) in [5, 5.41) is 3.76. The van der Waals surface area contributed by atoms with Crippen LogP contribution in [0.15, 0.2) is 41.6 Å². The molecule has 7 nitrogen and oxygen atoms in total. The van der Waals surface area contributed by atoms with Crippen LogP contribution in [0.3, 0.4) is 0 Å². The summed E-state index contributed by atoms with van der Waals surface area (Å²) in [6.07, 6.45) is 3.34. The molecule has 0 aliphatic heterocycles. The van der Waals surface area contributed by atoms with Gasteiger partial charge in [-0.1, -0.05) is 0 Å². The lowest BCUT2D eigenvalue weighted by molar-refractivity contribution is 0.249. The Balaban J connectivity index is 2.40. The molecule has 3 N–H and O–H groups in total. The molecule has 1 aromatic carbocycles. The molecule has 7 heteroatoms. The van der Waals surface area contributed by atoms with Crippen molar-refractivity contribution in [2.24, 2.45) is 10.8 Å². The standard InChI is InChI=1S/C14H16N4O3/c1-20-11-5-6-13(21-2)12(8-11)18-7-3-4-10(18)9-16-17-14(15)19/h3-9H,1-2H3,(H3,15,17,19). The number of urea groups is 1. The molecule has 0 fully saturated rings. The molecule has 0 aliphatic carbocycles. The lowest BCUT2D eigenvalue weighted by Crippen LogP contribution is -2.24. The number of ether oxygens (including phenoxy) is 2. The first-order chi connectivity index (χ1) is 10.2. The van der Waals surface area contributed by atoms with Crippen molar-refractivity contribution in [2.45, 2.75) is 0 Å². The number of nitrogens with two attached hydrogens (primary N) is 1. The van der Waals surface area contributed by atoms with Crippen LogP contribution in [0.4, 0.5) is 4.79 Å². The Morgan fingerprint density at radius 2 is 2.14 bits per heavy atom. The molecule has 1 heterocycles. The van der Waals surface area contributed by atoms with Gasteiger partial charge in [-0.2, -0.15) is 5.10 Å². The highest BCUT2D eigenvalue weighted by atomic mass is 16.5. The number of nitrogens with zero attached hydrogens (tertiary/aromatic N) is 2. The molecule has 0 bridgehead atoms. The van der Waals surface area contributed by atoms with Gasteiger partial charge in [0.25, 0.3) is 0 Å². The predicted octanol–water partition coefficient (Wildman–Crippen LogP) is 1.50. The van der Waals surface area contributed by atoms with E-state index in [0.717, 1.165) is 11.4 Å². The zero-order chi connectivity index (χ0) is 15.2. The molecule has 21 heavy (non-hydrogen) atoms. The number of nitrogens with one attached hydrogen (secondary N) is 1. The van der Waals surface area contributed by atoms with Crippen LogP contribution in [0, 0.1) is 0 Å². The van der Waals surface area contributed by atoms with Crippen LogP contribution in [-0.4, -0.2) is 31.0 Å². The average molecular weight is 288 g/mol. The SMILES string of the molecule is COc1ccc(OC)c(-n2cccc2C=NNC(N)=O)c1. The fourth-order valence-corrected chi connectivity index (χ4v) is 1.87. The molecule has 1 aromatic heterocycles. The number of aromatic nitrogens is 1. The number of methoxy groups -OCH3 is 2. The Morgan fingerprint density at radius 3 is 2.81 bits per heavy atom. The fourth-order valence-electron chi connectivity index (χ4n) is 1.87. The van der Waals surface area contributed by atoms with Gasteiger partial charge >= 0.3 is 6.03 Å². The van der Waals surface area contributed by atoms with E-state index < -0.39 is 6.03 Å². The lowest BCUT2D eigenvalue weighted by Gasteiger charge is -2.13. The number of carbonyl (C=O) groups excluding carboxylic acids is 1. The Labute approximate surface area is 122 Å². The third kappa shape index (κ3) is 3.33. The van der Waals surface area contributed by atoms with Crippen molar-refractivity contribution in [3.05, 3.63) is 42.2 Å². The minimum absolute atomic E-state index is 0.685. The van der Waals surface area contributed by atoms with Crippen molar-refractivity contribution in [1.82, 2.24) is 9.99 Å². The minimum atomic E-state index is -0.719. The number of hydrogen-bond acceptors (Lipinski definition) is 4. The van der Waals surface area contributed by atoms with Gasteiger partial charge in [-0.3, -0.25) is 0 Å². The molecule has 0 unspecified atom stereocenters. The monoisotopic (exact) mass is 288 g/mol. The fraction of sp³-hybridized carbons (Fsp3) is 0.143. The number of primary amides is 1. The summed E-state index contributed by atoms with van der Waals surface area (Å²) in [4.78, 5) is 10.6. The van der Waals surface area contributed by atoms with Crippen molar-refractivity contribution in [1.29, 1.82) is 0 Å². The van der Waals surface area contributed by atoms with Gasteiger partial charge in [-0.15, -0.1) is 0 Å². The smallest absolute Gasteiger partial charge is 0.332 e. The van der Waals surface area contributed by atoms with E-state index in [9.17, 15) is 4.79 Å². The van der Waals surface area contributed by atoms with Crippen LogP contribution in [0.25, 0.3) is 5.69 Å². The van der Waals surface area contributed by atoms with Gasteiger partial charge in [-0.05, 0) is 24.3 Å². The Bertz CT molecular complexity index is 664. The molecule has 0 saturated heterocycles. The number of benzene rings is 1. The summed E-state index contributed by atoms with van der Waals surface area (Å²) >= 11 is 0. The number of carbonyl (C=O) groups is 1. The maximum absolute atomic E-state index is 10.6. The summed E-state index contributed by atoms with van der Waals surface area (Å²) in [6, 6.07) is 8.45. The minimum Gasteiger partial charge on any atom is -0.497 e. The summed E-state index contributed by atoms with van der Waals surface area (Å²) in [5.74, 6) is 1.39. The van der Waals surface area contributed by atoms with Crippen LogP contribution in [0.5, 0.6) is 11.5 Å². The topological polar surface area (TPSA) is 90.9 Å². The summed E-state index contributed by atoms with van der Waals surface area (Å²) in [6.45, 7) is 0. The molecule has 110 valence electrons. The van der Waals surface area contributed by atoms with Gasteiger partial charge in [0.1, 0.15) is 11.5 Å². The molecule has 0 spiro atoms. The number of amides is 2. The van der Waals surface area contributed by atoms with E-state index in [1.807, 2.05) is 41.1 Å². The third-order valence-electron chi connectivity index (χ3n) is 2.80. The highest BCUT2D eigenvalue weighted by Gasteiger charge is 2.09. The van der Waals surface area contributed by atoms with Gasteiger partial charge in [0.05, 0.1) is 31.8 Å². The van der Waals surface area contributed by atoms with Crippen LogP contribution >= 0.6 is 0 Å². The zero-order valence-corrected chi connectivity index (χ0v) is 11.7. The largest absolute Gasteiger partial charge is 0.497 e. The Hall–Kier alpha value is -2.96. The van der Waals surface area contributed by atoms with Crippen LogP contribution in [0.1, 0.15) is 5.69 Å². The first-order valence-corrected chi connectivity index (χ1v) is 6.14. The summed E-state index contributed by atoms with van der Waals surface area (Å²) in [7, 11) is 3.19. The van der Waals surface area contributed by atoms with E-state index in [2.05, 4.69) is 10.5 Å². The summed E-state index contributed by atoms with van der Waals surface area (Å²) < 4.78 is 12.4. The molecule has 0 aliphatic rings. The lowest BCUT2D eigenvalue weighted by atomic mass is 10.2. The van der Waals surface area contributed by atoms with Gasteiger partial charge in [0.15, 0.2) is 0 Å². The maximum Gasteiger partial charge on any atom is 0.332 e. The highest BCUT2D eigenvalue weighted by Crippen LogP contribution is 2.28. The van der Waals surface area contributed by atoms with Crippen LogP contribution in [0.2, 0.25) is 0 Å². The molecule has 0 atom stereocenters. The third-order valence-corrected chi connectivity index (χ3v) is 2.80. The molecule has 2 aromatic rings. The molecule has 2 amide bonds. The van der Waals surface area contributed by atoms with Gasteiger partial charge in [0.2, 0.25) is 0 Å². The molecular formula is C14H16N4O3. The molecule has 0 saturated carbocycles. The quantitative estimate of drug-likeness (QED) is 0.645. The first kappa shape index (κ1) is 14.4. The zero-order valence-electron chi connectivity index (χ0n) is 11.7. The Kier molecular flexibility index (Phi) is 4.45. The maximum atomic E-state index is 10.6. The van der Waals surface area contributed by atoms with E-state index in [0.29, 0.717) is 11.5 Å². The van der Waals surface area contributed by atoms with Crippen LogP contribution in [-0.2, 0) is 0 Å². The van der Waals surface area contributed by atoms with E-state index >= 15 is 0 Å². The second-order valence-electron chi connectivity index (χ2n) is 4.08. The molecule has 2 rings (SSSR count). The van der Waals surface area contributed by atoms with Crippen molar-refractivity contribution < 1.29 is 14.3 Å². The second kappa shape index (κ2) is 6.47. The highest BCUT2D eigenvalue weighted by molar-refractivity contribution is 5.81.